The fourth-order valence-electron chi connectivity index (χ4n) is 2.61. The summed E-state index contributed by atoms with van der Waals surface area (Å²) in [6, 6.07) is 15.9. The molecule has 2 N–H and O–H groups in total. The van der Waals surface area contributed by atoms with Gasteiger partial charge in [-0.25, -0.2) is 9.07 Å². The van der Waals surface area contributed by atoms with Gasteiger partial charge in [0.1, 0.15) is 17.4 Å². The Labute approximate surface area is 156 Å². The normalized spacial score (nSPS) is 10.2. The lowest BCUT2D eigenvalue weighted by molar-refractivity contribution is -0.120. The van der Waals surface area contributed by atoms with E-state index < -0.39 is 5.82 Å². The molecule has 1 heterocycles. The van der Waals surface area contributed by atoms with Crippen molar-refractivity contribution < 1.29 is 9.18 Å². The summed E-state index contributed by atoms with van der Waals surface area (Å²) in [7, 11) is 0. The van der Waals surface area contributed by atoms with Gasteiger partial charge in [0, 0.05) is 19.3 Å². The maximum atomic E-state index is 13.5. The van der Waals surface area contributed by atoms with Crippen LogP contribution in [-0.2, 0) is 11.2 Å². The van der Waals surface area contributed by atoms with Crippen molar-refractivity contribution in [1.29, 1.82) is 5.26 Å². The van der Waals surface area contributed by atoms with Crippen molar-refractivity contribution >= 4 is 11.6 Å². The second kappa shape index (κ2) is 8.63. The minimum Gasteiger partial charge on any atom is -0.382 e. The van der Waals surface area contributed by atoms with E-state index in [1.54, 1.807) is 16.9 Å². The quantitative estimate of drug-likeness (QED) is 0.632. The molecule has 3 rings (SSSR count). The molecule has 2 aromatic carbocycles. The molecule has 0 radical (unpaired) electrons. The van der Waals surface area contributed by atoms with Crippen LogP contribution in [0.2, 0.25) is 0 Å². The molecule has 136 valence electrons. The third-order valence-corrected chi connectivity index (χ3v) is 3.91. The van der Waals surface area contributed by atoms with E-state index in [1.165, 1.54) is 12.1 Å². The van der Waals surface area contributed by atoms with Crippen LogP contribution in [0.5, 0.6) is 0 Å². The van der Waals surface area contributed by atoms with Crippen LogP contribution >= 0.6 is 0 Å². The Hall–Kier alpha value is -3.66. The number of nitrogens with one attached hydrogen (secondary N) is 2. The summed E-state index contributed by atoms with van der Waals surface area (Å²) in [5.41, 5.74) is 2.12. The molecule has 0 unspecified atom stereocenters. The van der Waals surface area contributed by atoms with Gasteiger partial charge in [0.05, 0.1) is 24.0 Å². The van der Waals surface area contributed by atoms with Gasteiger partial charge in [-0.1, -0.05) is 24.3 Å². The molecule has 3 aromatic rings. The SMILES string of the molecule is N#Cc1c(F)cccc1NCCNC(=O)Cc1cnn(-c2ccccc2)c1. The molecule has 27 heavy (non-hydrogen) atoms. The lowest BCUT2D eigenvalue weighted by Crippen LogP contribution is -2.30. The minimum absolute atomic E-state index is 0.0304. The Bertz CT molecular complexity index is 962. The number of halogens is 1. The zero-order valence-electron chi connectivity index (χ0n) is 14.5. The first-order chi connectivity index (χ1) is 13.2. The summed E-state index contributed by atoms with van der Waals surface area (Å²) in [4.78, 5) is 12.1. The highest BCUT2D eigenvalue weighted by molar-refractivity contribution is 5.78. The van der Waals surface area contributed by atoms with Crippen molar-refractivity contribution in [3.63, 3.8) is 0 Å². The number of benzene rings is 2. The average Bonchev–Trinajstić information content (AvgIpc) is 3.14. The molecule has 0 aliphatic carbocycles. The highest BCUT2D eigenvalue weighted by Gasteiger charge is 2.08. The number of hydrogen-bond donors (Lipinski definition) is 2. The molecule has 0 aliphatic rings. The van der Waals surface area contributed by atoms with Crippen molar-refractivity contribution in [2.75, 3.05) is 18.4 Å². The first-order valence-corrected chi connectivity index (χ1v) is 8.45. The number of carbonyl (C=O) groups is 1. The number of carbonyl (C=O) groups excluding carboxylic acids is 1. The number of rotatable bonds is 7. The van der Waals surface area contributed by atoms with Gasteiger partial charge in [0.15, 0.2) is 0 Å². The van der Waals surface area contributed by atoms with Gasteiger partial charge in [-0.05, 0) is 29.8 Å². The van der Waals surface area contributed by atoms with Gasteiger partial charge in [-0.2, -0.15) is 10.4 Å². The summed E-state index contributed by atoms with van der Waals surface area (Å²) in [6.07, 6.45) is 3.70. The standard InChI is InChI=1S/C20H18FN5O/c21-18-7-4-8-19(17(18)12-22)23-9-10-24-20(27)11-15-13-25-26(14-15)16-5-2-1-3-6-16/h1-8,13-14,23H,9-11H2,(H,24,27). The molecule has 6 nitrogen and oxygen atoms in total. The molecule has 0 bridgehead atoms. The Kier molecular flexibility index (Phi) is 5.80. The van der Waals surface area contributed by atoms with Crippen LogP contribution < -0.4 is 10.6 Å². The number of hydrogen-bond acceptors (Lipinski definition) is 4. The fourth-order valence-corrected chi connectivity index (χ4v) is 2.61. The molecular weight excluding hydrogens is 345 g/mol. The first kappa shape index (κ1) is 18.1. The van der Waals surface area contributed by atoms with E-state index in [9.17, 15) is 9.18 Å². The highest BCUT2D eigenvalue weighted by atomic mass is 19.1. The van der Waals surface area contributed by atoms with E-state index in [2.05, 4.69) is 15.7 Å². The lowest BCUT2D eigenvalue weighted by Gasteiger charge is -2.09. The van der Waals surface area contributed by atoms with Crippen LogP contribution in [0.1, 0.15) is 11.1 Å². The van der Waals surface area contributed by atoms with Crippen molar-refractivity contribution in [3.8, 4) is 11.8 Å². The fraction of sp³-hybridized carbons (Fsp3) is 0.150. The third kappa shape index (κ3) is 4.70. The molecule has 7 heteroatoms. The maximum Gasteiger partial charge on any atom is 0.224 e. The summed E-state index contributed by atoms with van der Waals surface area (Å²) < 4.78 is 15.2. The van der Waals surface area contributed by atoms with E-state index >= 15 is 0 Å². The monoisotopic (exact) mass is 363 g/mol. The lowest BCUT2D eigenvalue weighted by atomic mass is 10.2. The van der Waals surface area contributed by atoms with Gasteiger partial charge in [-0.15, -0.1) is 0 Å². The number of para-hydroxylation sites is 1. The smallest absolute Gasteiger partial charge is 0.224 e. The third-order valence-electron chi connectivity index (χ3n) is 3.91. The Morgan fingerprint density at radius 3 is 2.74 bits per heavy atom. The van der Waals surface area contributed by atoms with Crippen LogP contribution in [0.4, 0.5) is 10.1 Å². The summed E-state index contributed by atoms with van der Waals surface area (Å²) >= 11 is 0. The maximum absolute atomic E-state index is 13.5. The minimum atomic E-state index is -0.568. The second-order valence-corrected chi connectivity index (χ2v) is 5.86. The summed E-state index contributed by atoms with van der Waals surface area (Å²) in [6.45, 7) is 0.736. The van der Waals surface area contributed by atoms with Gasteiger partial charge in [0.2, 0.25) is 5.91 Å². The van der Waals surface area contributed by atoms with Crippen molar-refractivity contribution in [2.24, 2.45) is 0 Å². The van der Waals surface area contributed by atoms with Gasteiger partial charge in [-0.3, -0.25) is 4.79 Å². The zero-order valence-corrected chi connectivity index (χ0v) is 14.5. The van der Waals surface area contributed by atoms with E-state index in [0.29, 0.717) is 18.8 Å². The Morgan fingerprint density at radius 1 is 1.15 bits per heavy atom. The first-order valence-electron chi connectivity index (χ1n) is 8.45. The molecule has 1 amide bonds. The average molecular weight is 363 g/mol. The van der Waals surface area contributed by atoms with E-state index in [1.807, 2.05) is 42.6 Å². The number of aromatic nitrogens is 2. The van der Waals surface area contributed by atoms with E-state index in [-0.39, 0.29) is 17.9 Å². The van der Waals surface area contributed by atoms with Crippen LogP contribution in [0.25, 0.3) is 5.69 Å². The molecule has 0 atom stereocenters. The van der Waals surface area contributed by atoms with Crippen LogP contribution in [-0.4, -0.2) is 28.8 Å². The number of anilines is 1. The predicted molar refractivity (Wildman–Crippen MR) is 99.9 cm³/mol. The summed E-state index contributed by atoms with van der Waals surface area (Å²) in [5, 5.41) is 19.0. The molecular formula is C20H18FN5O. The molecule has 0 aliphatic heterocycles. The summed E-state index contributed by atoms with van der Waals surface area (Å²) in [5.74, 6) is -0.703. The van der Waals surface area contributed by atoms with Gasteiger partial charge >= 0.3 is 0 Å². The van der Waals surface area contributed by atoms with Crippen molar-refractivity contribution in [3.05, 3.63) is 77.9 Å². The zero-order chi connectivity index (χ0) is 19.1. The van der Waals surface area contributed by atoms with Crippen LogP contribution in [0.15, 0.2) is 60.9 Å². The Balaban J connectivity index is 1.46. The van der Waals surface area contributed by atoms with E-state index in [0.717, 1.165) is 11.3 Å². The van der Waals surface area contributed by atoms with Crippen molar-refractivity contribution in [1.82, 2.24) is 15.1 Å². The van der Waals surface area contributed by atoms with Gasteiger partial charge in [0.25, 0.3) is 0 Å². The predicted octanol–water partition coefficient (Wildman–Crippen LogP) is 2.65. The highest BCUT2D eigenvalue weighted by Crippen LogP contribution is 2.17. The number of nitrogens with zero attached hydrogens (tertiary/aromatic N) is 3. The number of nitriles is 1. The molecule has 1 aromatic heterocycles. The molecule has 0 saturated heterocycles. The molecule has 0 fully saturated rings. The van der Waals surface area contributed by atoms with Crippen LogP contribution in [0.3, 0.4) is 0 Å². The van der Waals surface area contributed by atoms with Crippen LogP contribution in [0, 0.1) is 17.1 Å². The van der Waals surface area contributed by atoms with Crippen molar-refractivity contribution in [2.45, 2.75) is 6.42 Å². The topological polar surface area (TPSA) is 82.7 Å². The Morgan fingerprint density at radius 2 is 1.96 bits per heavy atom. The van der Waals surface area contributed by atoms with E-state index in [4.69, 9.17) is 5.26 Å². The largest absolute Gasteiger partial charge is 0.382 e. The van der Waals surface area contributed by atoms with Gasteiger partial charge < -0.3 is 10.6 Å². The molecule has 0 spiro atoms. The second-order valence-electron chi connectivity index (χ2n) is 5.86. The molecule has 0 saturated carbocycles. The number of amides is 1.